The number of hydrogen-bond acceptors (Lipinski definition) is 5. The van der Waals surface area contributed by atoms with E-state index in [0.29, 0.717) is 6.42 Å². The van der Waals surface area contributed by atoms with Crippen molar-refractivity contribution < 1.29 is 19.1 Å². The molecule has 0 spiro atoms. The van der Waals surface area contributed by atoms with Gasteiger partial charge in [-0.2, -0.15) is 11.8 Å². The number of Topliss-reactive ketones (excluding diaryl/α,β-unsaturated/α-hetero) is 1. The van der Waals surface area contributed by atoms with Crippen LogP contribution in [0.2, 0.25) is 0 Å². The van der Waals surface area contributed by atoms with Crippen LogP contribution in [0.4, 0.5) is 0 Å². The summed E-state index contributed by atoms with van der Waals surface area (Å²) < 4.78 is 11.1. The van der Waals surface area contributed by atoms with Crippen LogP contribution < -0.4 is 0 Å². The molecule has 176 valence electrons. The molecule has 5 heteroatoms. The molecular formula is C26H42O4S. The Balaban J connectivity index is 2.25. The first kappa shape index (κ1) is 27.7. The van der Waals surface area contributed by atoms with Crippen LogP contribution in [0.3, 0.4) is 0 Å². The molecule has 0 aliphatic rings. The number of ether oxygens (including phenoxy) is 2. The summed E-state index contributed by atoms with van der Waals surface area (Å²) in [4.78, 5) is 23.9. The summed E-state index contributed by atoms with van der Waals surface area (Å²) in [6.07, 6.45) is 8.36. The van der Waals surface area contributed by atoms with E-state index in [4.69, 9.17) is 9.47 Å². The minimum Gasteiger partial charge on any atom is -0.462 e. The third-order valence-corrected chi connectivity index (χ3v) is 6.49. The zero-order chi connectivity index (χ0) is 22.9. The molecule has 0 saturated heterocycles. The van der Waals surface area contributed by atoms with Gasteiger partial charge >= 0.3 is 5.97 Å². The molecule has 2 unspecified atom stereocenters. The number of benzene rings is 1. The Morgan fingerprint density at radius 1 is 0.935 bits per heavy atom. The number of rotatable bonds is 18. The quantitative estimate of drug-likeness (QED) is 0.185. The SMILES string of the molecule is CCCCCCC(CC(C)=O)OC(=O)CC(CCCCSCc1ccc(C)cc1)OC. The minimum absolute atomic E-state index is 0.0692. The Labute approximate surface area is 193 Å². The Bertz CT molecular complexity index is 614. The highest BCUT2D eigenvalue weighted by Crippen LogP contribution is 2.18. The van der Waals surface area contributed by atoms with E-state index in [-0.39, 0.29) is 30.4 Å². The van der Waals surface area contributed by atoms with Gasteiger partial charge in [-0.05, 0) is 50.8 Å². The standard InChI is InChI=1S/C26H42O4S/c1-5-6-7-8-12-25(18-22(3)27)30-26(28)19-24(29-4)11-9-10-17-31-20-23-15-13-21(2)14-16-23/h13-16,24-25H,5-12,17-20H2,1-4H3. The summed E-state index contributed by atoms with van der Waals surface area (Å²) >= 11 is 1.95. The number of esters is 1. The average molecular weight is 451 g/mol. The Hall–Kier alpha value is -1.33. The summed E-state index contributed by atoms with van der Waals surface area (Å²) in [6.45, 7) is 5.83. The van der Waals surface area contributed by atoms with Gasteiger partial charge in [-0.25, -0.2) is 0 Å². The molecule has 2 atom stereocenters. The van der Waals surface area contributed by atoms with Gasteiger partial charge < -0.3 is 9.47 Å². The van der Waals surface area contributed by atoms with E-state index in [9.17, 15) is 9.59 Å². The van der Waals surface area contributed by atoms with Crippen molar-refractivity contribution in [3.8, 4) is 0 Å². The number of hydrogen-bond donors (Lipinski definition) is 0. The van der Waals surface area contributed by atoms with E-state index >= 15 is 0 Å². The number of carbonyl (C=O) groups is 2. The van der Waals surface area contributed by atoms with E-state index in [1.807, 2.05) is 11.8 Å². The van der Waals surface area contributed by atoms with Crippen LogP contribution in [0.15, 0.2) is 24.3 Å². The van der Waals surface area contributed by atoms with Gasteiger partial charge in [0.05, 0.1) is 12.5 Å². The Morgan fingerprint density at radius 3 is 2.26 bits per heavy atom. The topological polar surface area (TPSA) is 52.6 Å². The molecule has 0 heterocycles. The van der Waals surface area contributed by atoms with Crippen LogP contribution in [-0.4, -0.2) is 36.8 Å². The van der Waals surface area contributed by atoms with E-state index in [0.717, 1.165) is 56.5 Å². The van der Waals surface area contributed by atoms with Crippen molar-refractivity contribution in [1.82, 2.24) is 0 Å². The molecule has 31 heavy (non-hydrogen) atoms. The van der Waals surface area contributed by atoms with Crippen LogP contribution in [0, 0.1) is 6.92 Å². The lowest BCUT2D eigenvalue weighted by Crippen LogP contribution is -2.25. The molecule has 0 N–H and O–H groups in total. The maximum absolute atomic E-state index is 12.4. The maximum atomic E-state index is 12.4. The first-order chi connectivity index (χ1) is 14.9. The number of methoxy groups -OCH3 is 1. The van der Waals surface area contributed by atoms with E-state index < -0.39 is 0 Å². The van der Waals surface area contributed by atoms with Gasteiger partial charge in [0.25, 0.3) is 0 Å². The lowest BCUT2D eigenvalue weighted by molar-refractivity contribution is -0.153. The number of thioether (sulfide) groups is 1. The highest BCUT2D eigenvalue weighted by Gasteiger charge is 2.20. The fourth-order valence-corrected chi connectivity index (χ4v) is 4.48. The Kier molecular flexibility index (Phi) is 15.4. The van der Waals surface area contributed by atoms with Crippen molar-refractivity contribution in [2.75, 3.05) is 12.9 Å². The Morgan fingerprint density at radius 2 is 1.61 bits per heavy atom. The summed E-state index contributed by atoms with van der Waals surface area (Å²) in [5.74, 6) is 1.96. The van der Waals surface area contributed by atoms with Crippen molar-refractivity contribution in [1.29, 1.82) is 0 Å². The van der Waals surface area contributed by atoms with Gasteiger partial charge in [-0.3, -0.25) is 9.59 Å². The zero-order valence-electron chi connectivity index (χ0n) is 20.0. The second-order valence-electron chi connectivity index (χ2n) is 8.46. The molecule has 0 aromatic heterocycles. The smallest absolute Gasteiger partial charge is 0.308 e. The molecular weight excluding hydrogens is 408 g/mol. The molecule has 0 radical (unpaired) electrons. The van der Waals surface area contributed by atoms with Gasteiger partial charge in [-0.1, -0.05) is 62.4 Å². The number of aryl methyl sites for hydroxylation is 1. The molecule has 4 nitrogen and oxygen atoms in total. The fraction of sp³-hybridized carbons (Fsp3) is 0.692. The van der Waals surface area contributed by atoms with Crippen LogP contribution in [0.5, 0.6) is 0 Å². The molecule has 1 aromatic rings. The predicted molar refractivity (Wildman–Crippen MR) is 131 cm³/mol. The maximum Gasteiger partial charge on any atom is 0.308 e. The van der Waals surface area contributed by atoms with E-state index in [1.54, 1.807) is 14.0 Å². The van der Waals surface area contributed by atoms with Crippen LogP contribution >= 0.6 is 11.8 Å². The minimum atomic E-state index is -0.294. The lowest BCUT2D eigenvalue weighted by Gasteiger charge is -2.19. The molecule has 0 amide bonds. The molecule has 0 fully saturated rings. The largest absolute Gasteiger partial charge is 0.462 e. The molecule has 0 aliphatic carbocycles. The van der Waals surface area contributed by atoms with Crippen molar-refractivity contribution in [2.24, 2.45) is 0 Å². The normalized spacial score (nSPS) is 13.0. The van der Waals surface area contributed by atoms with Gasteiger partial charge in [0.1, 0.15) is 11.9 Å². The van der Waals surface area contributed by atoms with Crippen molar-refractivity contribution >= 4 is 23.5 Å². The molecule has 0 bridgehead atoms. The highest BCUT2D eigenvalue weighted by atomic mass is 32.2. The van der Waals surface area contributed by atoms with Crippen LogP contribution in [0.1, 0.15) is 89.2 Å². The van der Waals surface area contributed by atoms with E-state index in [1.165, 1.54) is 17.5 Å². The van der Waals surface area contributed by atoms with E-state index in [2.05, 4.69) is 38.1 Å². The third kappa shape index (κ3) is 14.4. The summed E-state index contributed by atoms with van der Waals surface area (Å²) in [6, 6.07) is 8.70. The molecule has 1 aromatic carbocycles. The number of unbranched alkanes of at least 4 members (excludes halogenated alkanes) is 4. The third-order valence-electron chi connectivity index (χ3n) is 5.37. The summed E-state index contributed by atoms with van der Waals surface area (Å²) in [7, 11) is 1.65. The number of ketones is 1. The van der Waals surface area contributed by atoms with Crippen molar-refractivity contribution in [3.05, 3.63) is 35.4 Å². The second kappa shape index (κ2) is 17.3. The van der Waals surface area contributed by atoms with Gasteiger partial charge in [0.15, 0.2) is 0 Å². The molecule has 0 saturated carbocycles. The lowest BCUT2D eigenvalue weighted by atomic mass is 10.0. The molecule has 1 rings (SSSR count). The molecule has 0 aliphatic heterocycles. The average Bonchev–Trinajstić information content (AvgIpc) is 2.73. The van der Waals surface area contributed by atoms with Crippen LogP contribution in [0.25, 0.3) is 0 Å². The zero-order valence-corrected chi connectivity index (χ0v) is 20.8. The van der Waals surface area contributed by atoms with Crippen molar-refractivity contribution in [3.63, 3.8) is 0 Å². The fourth-order valence-electron chi connectivity index (χ4n) is 3.50. The van der Waals surface area contributed by atoms with Crippen molar-refractivity contribution in [2.45, 2.75) is 103 Å². The second-order valence-corrected chi connectivity index (χ2v) is 9.57. The number of carbonyl (C=O) groups excluding carboxylic acids is 2. The van der Waals surface area contributed by atoms with Gasteiger partial charge in [0.2, 0.25) is 0 Å². The van der Waals surface area contributed by atoms with Crippen LogP contribution in [-0.2, 0) is 24.8 Å². The monoisotopic (exact) mass is 450 g/mol. The predicted octanol–water partition coefficient (Wildman–Crippen LogP) is 6.66. The van der Waals surface area contributed by atoms with Gasteiger partial charge in [-0.15, -0.1) is 0 Å². The highest BCUT2D eigenvalue weighted by molar-refractivity contribution is 7.98. The van der Waals surface area contributed by atoms with Gasteiger partial charge in [0, 0.05) is 19.3 Å². The first-order valence-corrected chi connectivity index (χ1v) is 12.9. The summed E-state index contributed by atoms with van der Waals surface area (Å²) in [5, 5.41) is 0. The first-order valence-electron chi connectivity index (χ1n) is 11.8. The summed E-state index contributed by atoms with van der Waals surface area (Å²) in [5.41, 5.74) is 2.66.